The highest BCUT2D eigenvalue weighted by Gasteiger charge is 2.54. The zero-order valence-corrected chi connectivity index (χ0v) is 57.6. The molecule has 5 rings (SSSR count). The number of methoxy groups -OCH3 is 2. The Kier molecular flexibility index (Phi) is 33.4. The number of likely N-dealkylation sites (N-methyl/N-ethyl adjacent to an activating group) is 1. The topological polar surface area (TPSA) is 330 Å². The number of carbonyl (C=O) groups excluding carboxylic acids is 4. The van der Waals surface area contributed by atoms with Gasteiger partial charge in [0.1, 0.15) is 40.8 Å². The van der Waals surface area contributed by atoms with Gasteiger partial charge >= 0.3 is 22.3 Å². The Hall–Kier alpha value is -4.41. The van der Waals surface area contributed by atoms with E-state index in [1.807, 2.05) is 25.9 Å². The van der Waals surface area contributed by atoms with E-state index in [9.17, 15) is 58.2 Å². The van der Waals surface area contributed by atoms with Gasteiger partial charge in [-0.05, 0) is 111 Å². The molecule has 0 bridgehead atoms. The molecule has 2 aromatic carbocycles. The number of hydrogen-bond acceptors (Lipinski definition) is 22. The van der Waals surface area contributed by atoms with Crippen molar-refractivity contribution in [1.82, 2.24) is 4.90 Å². The van der Waals surface area contributed by atoms with E-state index in [0.29, 0.717) is 12.8 Å². The molecule has 0 radical (unpaired) electrons. The summed E-state index contributed by atoms with van der Waals surface area (Å²) in [7, 11) is 2.55. The highest BCUT2D eigenvalue weighted by Crippen LogP contribution is 2.41. The summed E-state index contributed by atoms with van der Waals surface area (Å²) in [6.45, 7) is 20.3. The van der Waals surface area contributed by atoms with E-state index in [2.05, 4.69) is 11.1 Å². The van der Waals surface area contributed by atoms with Crippen LogP contribution >= 0.6 is 0 Å². The molecule has 0 spiro atoms. The number of carbonyl (C=O) groups is 4. The van der Waals surface area contributed by atoms with Crippen molar-refractivity contribution in [2.75, 3.05) is 34.9 Å². The van der Waals surface area contributed by atoms with Crippen LogP contribution in [-0.2, 0) is 68.5 Å². The third-order valence-corrected chi connectivity index (χ3v) is 18.4. The number of aliphatic hydroxyl groups excluding tert-OH is 2. The van der Waals surface area contributed by atoms with E-state index < -0.39 is 124 Å². The Balaban J connectivity index is 0.000000483. The summed E-state index contributed by atoms with van der Waals surface area (Å²) in [4.78, 5) is 54.9. The molecule has 24 heteroatoms. The summed E-state index contributed by atoms with van der Waals surface area (Å²) < 4.78 is 81.6. The maximum Gasteiger partial charge on any atom is 0.397 e. The first-order valence-corrected chi connectivity index (χ1v) is 33.8. The van der Waals surface area contributed by atoms with E-state index in [1.54, 1.807) is 79.8 Å². The van der Waals surface area contributed by atoms with Crippen LogP contribution in [0.1, 0.15) is 195 Å². The number of ether oxygens (including phenoxy) is 8. The number of aliphatic hydroxyl groups is 4. The number of cyclic esters (lactones) is 1. The van der Waals surface area contributed by atoms with Crippen molar-refractivity contribution >= 4 is 33.9 Å². The number of hydrogen-bond donors (Lipinski definition) is 7. The van der Waals surface area contributed by atoms with Crippen molar-refractivity contribution in [1.29, 1.82) is 0 Å². The number of Topliss-reactive ketones (excluding diaryl/α,β-unsaturated/α-hetero) is 2. The lowest BCUT2D eigenvalue weighted by atomic mass is 9.74. The van der Waals surface area contributed by atoms with Crippen LogP contribution in [0.25, 0.3) is 0 Å². The molecular weight excluding hydrogens is 1200 g/mol. The Bertz CT molecular complexity index is 2640. The van der Waals surface area contributed by atoms with Gasteiger partial charge in [0.25, 0.3) is 0 Å². The lowest BCUT2D eigenvalue weighted by molar-refractivity contribution is -0.319. The van der Waals surface area contributed by atoms with E-state index >= 15 is 0 Å². The van der Waals surface area contributed by atoms with E-state index in [1.165, 1.54) is 85.0 Å². The maximum atomic E-state index is 14.2. The Morgan fingerprint density at radius 1 is 0.758 bits per heavy atom. The molecule has 3 heterocycles. The quantitative estimate of drug-likeness (QED) is 0.0211. The molecular formula is C67H111NO22S. The fraction of sp³-hybridized carbons (Fsp3) is 0.761. The van der Waals surface area contributed by atoms with Gasteiger partial charge in [-0.3, -0.25) is 23.7 Å². The molecule has 3 fully saturated rings. The molecule has 3 aliphatic rings. The number of unbranched alkanes of at least 4 members (excludes halogenated alkanes) is 9. The summed E-state index contributed by atoms with van der Waals surface area (Å²) in [5.74, 6) is -5.35. The Labute approximate surface area is 541 Å². The number of phenols is 2. The first-order chi connectivity index (χ1) is 42.5. The van der Waals surface area contributed by atoms with Crippen LogP contribution < -0.4 is 4.74 Å². The van der Waals surface area contributed by atoms with Crippen molar-refractivity contribution < 1.29 is 105 Å². The number of benzene rings is 2. The molecule has 522 valence electrons. The first-order valence-electron chi connectivity index (χ1n) is 32.4. The molecule has 0 saturated carbocycles. The minimum atomic E-state index is -4.23. The predicted molar refractivity (Wildman–Crippen MR) is 341 cm³/mol. The average Bonchev–Trinajstić information content (AvgIpc) is 1.07. The largest absolute Gasteiger partial charge is 0.508 e. The van der Waals surface area contributed by atoms with Crippen molar-refractivity contribution in [2.24, 2.45) is 23.7 Å². The van der Waals surface area contributed by atoms with Gasteiger partial charge < -0.3 is 73.4 Å². The van der Waals surface area contributed by atoms with Crippen LogP contribution in [0.4, 0.5) is 0 Å². The van der Waals surface area contributed by atoms with Gasteiger partial charge in [0.15, 0.2) is 24.5 Å². The number of rotatable bonds is 25. The standard InChI is InChI=1S/C40H71NO14.C15H14O4.C12H26O4S/c1-15-27-40(11,48)33(44)22(5)30(43)20(3)18-38(9,47)35(55-37-32(53-28(42)16-2)26(41(12)13)17-21(4)50-37)23(6)31(24(7)36(46)52-27)54-29-19-39(10,49-14)34(45)25(8)51-29;1-19-12-5-2-10(3-6-12)8-14(17)13-7-4-11(16)9-15(13)18;1-2-3-4-5-6-7-8-9-10-11-12-16-17(13,14)15/h20-27,29,31-35,37,44-45,47-48H,15-19H2,1-14H3;2-7,9,16,18H,8H2,1H3;2-12H2,1H3,(H,13,14,15). The van der Waals surface area contributed by atoms with E-state index in [-0.39, 0.29) is 73.7 Å². The van der Waals surface area contributed by atoms with Crippen LogP contribution in [0.5, 0.6) is 17.2 Å². The van der Waals surface area contributed by atoms with Gasteiger partial charge in [-0.15, -0.1) is 0 Å². The predicted octanol–water partition coefficient (Wildman–Crippen LogP) is 9.01. The number of nitrogens with zero attached hydrogens (tertiary/aromatic N) is 1. The van der Waals surface area contributed by atoms with Gasteiger partial charge in [0.2, 0.25) is 0 Å². The molecule has 3 aliphatic heterocycles. The molecule has 18 atom stereocenters. The summed E-state index contributed by atoms with van der Waals surface area (Å²) >= 11 is 0. The van der Waals surface area contributed by atoms with Crippen molar-refractivity contribution in [3.63, 3.8) is 0 Å². The van der Waals surface area contributed by atoms with Gasteiger partial charge in [0, 0.05) is 50.2 Å². The average molecular weight is 1310 g/mol. The van der Waals surface area contributed by atoms with Crippen molar-refractivity contribution in [3.8, 4) is 17.2 Å². The molecule has 3 saturated heterocycles. The number of esters is 2. The summed E-state index contributed by atoms with van der Waals surface area (Å²) in [6.07, 6.45) is 2.35. The fourth-order valence-corrected chi connectivity index (χ4v) is 12.6. The van der Waals surface area contributed by atoms with Crippen LogP contribution in [0.15, 0.2) is 42.5 Å². The number of phenolic OH excluding ortho intramolecular Hbond substituents is 2. The first kappa shape index (κ1) is 80.8. The number of aromatic hydroxyl groups is 2. The molecule has 91 heavy (non-hydrogen) atoms. The van der Waals surface area contributed by atoms with E-state index in [0.717, 1.165) is 30.2 Å². The zero-order valence-electron chi connectivity index (χ0n) is 56.8. The lowest BCUT2D eigenvalue weighted by Crippen LogP contribution is -2.61. The van der Waals surface area contributed by atoms with Gasteiger partial charge in [0.05, 0.1) is 73.0 Å². The molecule has 23 nitrogen and oxygen atoms in total. The molecule has 0 aromatic heterocycles. The van der Waals surface area contributed by atoms with Gasteiger partial charge in [-0.25, -0.2) is 4.18 Å². The second-order valence-electron chi connectivity index (χ2n) is 25.9. The SMILES string of the molecule is CCC(=O)OC1C(OC2C(C)C(OC3CC(C)(OC)C(O)C(C)O3)C(C)C(=O)OC(CC)C(C)(O)C(O)C(C)C(=O)C(C)CC2(C)O)OC(C)CC1N(C)C.CCCCCCCCCCCCOS(=O)(=O)O.COc1ccc(CC(=O)c2ccc(O)cc2O)cc1. The van der Waals surface area contributed by atoms with Crippen LogP contribution in [0, 0.1) is 23.7 Å². The maximum absolute atomic E-state index is 14.2. The zero-order chi connectivity index (χ0) is 68.8. The van der Waals surface area contributed by atoms with Crippen molar-refractivity contribution in [2.45, 2.75) is 270 Å². The van der Waals surface area contributed by atoms with Crippen LogP contribution in [-0.4, -0.2) is 191 Å². The third kappa shape index (κ3) is 24.7. The minimum Gasteiger partial charge on any atom is -0.508 e. The molecule has 0 aliphatic carbocycles. The van der Waals surface area contributed by atoms with Crippen LogP contribution in [0.3, 0.4) is 0 Å². The van der Waals surface area contributed by atoms with Gasteiger partial charge in [-0.1, -0.05) is 111 Å². The summed E-state index contributed by atoms with van der Waals surface area (Å²) in [5, 5.41) is 65.4. The highest BCUT2D eigenvalue weighted by atomic mass is 32.3. The van der Waals surface area contributed by atoms with Crippen LogP contribution in [0.2, 0.25) is 0 Å². The molecule has 7 N–H and O–H groups in total. The Morgan fingerprint density at radius 3 is 1.88 bits per heavy atom. The van der Waals surface area contributed by atoms with E-state index in [4.69, 9.17) is 42.4 Å². The molecule has 2 aromatic rings. The summed E-state index contributed by atoms with van der Waals surface area (Å²) in [5.41, 5.74) is -3.89. The molecule has 0 amide bonds. The highest BCUT2D eigenvalue weighted by molar-refractivity contribution is 7.80. The number of ketones is 2. The van der Waals surface area contributed by atoms with Gasteiger partial charge in [-0.2, -0.15) is 8.42 Å². The second kappa shape index (κ2) is 37.6. The smallest absolute Gasteiger partial charge is 0.397 e. The fourth-order valence-electron chi connectivity index (χ4n) is 12.3. The molecule has 18 unspecified atom stereocenters. The summed E-state index contributed by atoms with van der Waals surface area (Å²) in [6, 6.07) is 10.8. The lowest BCUT2D eigenvalue weighted by Gasteiger charge is -2.49. The minimum absolute atomic E-state index is 0.0708. The third-order valence-electron chi connectivity index (χ3n) is 17.9. The second-order valence-corrected chi connectivity index (χ2v) is 27.0. The normalized spacial score (nSPS) is 32.7. The Morgan fingerprint density at radius 2 is 1.35 bits per heavy atom. The van der Waals surface area contributed by atoms with Crippen molar-refractivity contribution in [3.05, 3.63) is 53.6 Å². The monoisotopic (exact) mass is 1310 g/mol.